The molecule has 0 radical (unpaired) electrons. The van der Waals surface area contributed by atoms with Crippen molar-refractivity contribution in [1.82, 2.24) is 29.6 Å². The molecule has 3 aromatic rings. The summed E-state index contributed by atoms with van der Waals surface area (Å²) in [7, 11) is 1.68. The van der Waals surface area contributed by atoms with E-state index < -0.39 is 36.0 Å². The molecule has 6 amide bonds. The predicted molar refractivity (Wildman–Crippen MR) is 223 cm³/mol. The smallest absolute Gasteiger partial charge is 0.329 e. The van der Waals surface area contributed by atoms with E-state index in [1.165, 1.54) is 11.5 Å². The van der Waals surface area contributed by atoms with E-state index in [1.54, 1.807) is 27.5 Å². The Morgan fingerprint density at radius 2 is 1.76 bits per heavy atom. The van der Waals surface area contributed by atoms with Gasteiger partial charge in [-0.3, -0.25) is 43.2 Å². The highest BCUT2D eigenvalue weighted by molar-refractivity contribution is 6.32. The summed E-state index contributed by atoms with van der Waals surface area (Å²) in [6.07, 6.45) is 6.49. The highest BCUT2D eigenvalue weighted by Crippen LogP contribution is 2.32. The second-order valence-electron chi connectivity index (χ2n) is 15.7. The van der Waals surface area contributed by atoms with Gasteiger partial charge in [0.2, 0.25) is 35.4 Å². The number of unbranched alkanes of at least 4 members (excludes halogenated alkanes) is 2. The fourth-order valence-corrected chi connectivity index (χ4v) is 8.70. The number of halogens is 2. The van der Waals surface area contributed by atoms with Gasteiger partial charge >= 0.3 is 5.69 Å². The lowest BCUT2D eigenvalue weighted by molar-refractivity contribution is -0.144. The summed E-state index contributed by atoms with van der Waals surface area (Å²) in [6, 6.07) is 8.16. The number of hydrogen-bond acceptors (Lipinski definition) is 9. The van der Waals surface area contributed by atoms with Crippen molar-refractivity contribution in [2.24, 2.45) is 18.5 Å². The molecule has 3 aliphatic rings. The number of rotatable bonds is 15. The van der Waals surface area contributed by atoms with Crippen LogP contribution in [0.25, 0.3) is 11.0 Å². The van der Waals surface area contributed by atoms with Crippen LogP contribution in [0.5, 0.6) is 5.75 Å². The standard InChI is InChI=1S/C41H53ClN8O8.ClH/c1-24(51)48-20-19-28-13-15-31(49(28)40(56)29(43)22-48)38(54)45-27(12-17-35(44)52)23-58-34-10-6-9-26(37(34)42)8-5-3-4-7-25-11-14-30-33(21-25)47(2)41(57)50(30)32-16-18-36(53)46-39(32)55;/h6,9-11,14,21,27-29,31-32H,3-5,7-8,12-13,15-20,22-23,43H2,1-2H3,(H2,44,52)(H,45,54)(H,46,53,55);1H/t27-,28+,29-,31-,32?;/m0./s1. The highest BCUT2D eigenvalue weighted by atomic mass is 35.5. The van der Waals surface area contributed by atoms with Gasteiger partial charge in [-0.25, -0.2) is 4.79 Å². The van der Waals surface area contributed by atoms with Crippen molar-refractivity contribution in [3.05, 3.63) is 63.0 Å². The van der Waals surface area contributed by atoms with Gasteiger partial charge in [0.1, 0.15) is 30.5 Å². The lowest BCUT2D eigenvalue weighted by Crippen LogP contribution is -2.59. The summed E-state index contributed by atoms with van der Waals surface area (Å²) in [4.78, 5) is 91.3. The van der Waals surface area contributed by atoms with Crippen molar-refractivity contribution in [1.29, 1.82) is 0 Å². The maximum Gasteiger partial charge on any atom is 0.329 e. The van der Waals surface area contributed by atoms with Gasteiger partial charge in [0.15, 0.2) is 0 Å². The first-order valence-electron chi connectivity index (χ1n) is 20.1. The number of aromatic nitrogens is 2. The molecule has 0 bridgehead atoms. The Kier molecular flexibility index (Phi) is 15.2. The van der Waals surface area contributed by atoms with E-state index in [9.17, 15) is 33.6 Å². The number of primary amides is 1. The van der Waals surface area contributed by atoms with Crippen LogP contribution >= 0.6 is 24.0 Å². The van der Waals surface area contributed by atoms with E-state index in [-0.39, 0.29) is 86.6 Å². The number of nitrogens with two attached hydrogens (primary N) is 2. The Balaban J connectivity index is 0.00000661. The third kappa shape index (κ3) is 10.5. The fourth-order valence-electron chi connectivity index (χ4n) is 8.42. The Hall–Kier alpha value is -4.93. The van der Waals surface area contributed by atoms with E-state index in [1.807, 2.05) is 30.3 Å². The van der Waals surface area contributed by atoms with E-state index in [0.29, 0.717) is 48.5 Å². The normalized spacial score (nSPS) is 21.3. The third-order valence-electron chi connectivity index (χ3n) is 11.6. The average Bonchev–Trinajstić information content (AvgIpc) is 3.71. The molecular weight excluding hydrogens is 803 g/mol. The number of imidazole rings is 1. The molecule has 18 heteroatoms. The van der Waals surface area contributed by atoms with Gasteiger partial charge in [0.05, 0.1) is 22.1 Å². The Morgan fingerprint density at radius 3 is 2.49 bits per heavy atom. The van der Waals surface area contributed by atoms with Gasteiger partial charge < -0.3 is 31.3 Å². The van der Waals surface area contributed by atoms with Gasteiger partial charge in [-0.15, -0.1) is 12.4 Å². The lowest BCUT2D eigenvalue weighted by Gasteiger charge is -2.37. The Labute approximate surface area is 353 Å². The summed E-state index contributed by atoms with van der Waals surface area (Å²) in [5.74, 6) is -1.73. The number of fused-ring (bicyclic) bond motifs is 2. The first-order valence-corrected chi connectivity index (χ1v) is 20.5. The molecule has 3 fully saturated rings. The summed E-state index contributed by atoms with van der Waals surface area (Å²) in [5, 5.41) is 5.79. The second-order valence-corrected chi connectivity index (χ2v) is 16.0. The van der Waals surface area contributed by atoms with Gasteiger partial charge in [0, 0.05) is 45.9 Å². The highest BCUT2D eigenvalue weighted by Gasteiger charge is 2.44. The minimum absolute atomic E-state index is 0. The number of nitrogens with zero attached hydrogens (tertiary/aromatic N) is 4. The van der Waals surface area contributed by atoms with Crippen molar-refractivity contribution in [3.63, 3.8) is 0 Å². The van der Waals surface area contributed by atoms with Crippen LogP contribution < -0.4 is 32.5 Å². The van der Waals surface area contributed by atoms with Gasteiger partial charge in [0.25, 0.3) is 0 Å². The van der Waals surface area contributed by atoms with Gasteiger partial charge in [-0.1, -0.05) is 36.2 Å². The van der Waals surface area contributed by atoms with Crippen molar-refractivity contribution < 1.29 is 33.5 Å². The van der Waals surface area contributed by atoms with E-state index in [2.05, 4.69) is 10.6 Å². The molecule has 1 aromatic heterocycles. The zero-order chi connectivity index (χ0) is 41.7. The molecule has 5 atom stereocenters. The molecule has 1 unspecified atom stereocenters. The molecule has 6 N–H and O–H groups in total. The molecule has 320 valence electrons. The first-order chi connectivity index (χ1) is 27.7. The Bertz CT molecular complexity index is 2140. The zero-order valence-corrected chi connectivity index (χ0v) is 35.0. The predicted octanol–water partition coefficient (Wildman–Crippen LogP) is 2.42. The van der Waals surface area contributed by atoms with Crippen LogP contribution in [-0.4, -0.2) is 98.2 Å². The van der Waals surface area contributed by atoms with Gasteiger partial charge in [-0.05, 0) is 87.1 Å². The van der Waals surface area contributed by atoms with Crippen molar-refractivity contribution in [2.75, 3.05) is 19.7 Å². The lowest BCUT2D eigenvalue weighted by atomic mass is 10.0. The first kappa shape index (κ1) is 45.2. The monoisotopic (exact) mass is 856 g/mol. The minimum Gasteiger partial charge on any atom is -0.490 e. The van der Waals surface area contributed by atoms with E-state index >= 15 is 0 Å². The largest absolute Gasteiger partial charge is 0.490 e. The average molecular weight is 858 g/mol. The number of carbonyl (C=O) groups is 6. The third-order valence-corrected chi connectivity index (χ3v) is 12.1. The maximum absolute atomic E-state index is 13.7. The zero-order valence-electron chi connectivity index (χ0n) is 33.5. The summed E-state index contributed by atoms with van der Waals surface area (Å²) in [5.41, 5.74) is 14.7. The topological polar surface area (TPSA) is 221 Å². The molecule has 59 heavy (non-hydrogen) atoms. The number of piperidine rings is 1. The molecule has 6 rings (SSSR count). The molecule has 3 saturated heterocycles. The molecule has 2 aromatic carbocycles. The summed E-state index contributed by atoms with van der Waals surface area (Å²) in [6.45, 7) is 2.02. The number of imide groups is 1. The van der Waals surface area contributed by atoms with Crippen LogP contribution in [0.15, 0.2) is 41.2 Å². The number of aryl methyl sites for hydroxylation is 3. The van der Waals surface area contributed by atoms with Crippen LogP contribution in [0.3, 0.4) is 0 Å². The molecule has 3 aliphatic heterocycles. The number of amides is 6. The summed E-state index contributed by atoms with van der Waals surface area (Å²) < 4.78 is 9.16. The van der Waals surface area contributed by atoms with Gasteiger partial charge in [-0.2, -0.15) is 0 Å². The van der Waals surface area contributed by atoms with Crippen LogP contribution in [-0.2, 0) is 48.7 Å². The minimum atomic E-state index is -0.940. The fraction of sp³-hybridized carbons (Fsp3) is 0.537. The van der Waals surface area contributed by atoms with Crippen LogP contribution in [0.1, 0.15) is 88.3 Å². The van der Waals surface area contributed by atoms with Crippen LogP contribution in [0, 0.1) is 0 Å². The number of nitrogens with one attached hydrogen (secondary N) is 2. The number of carbonyl (C=O) groups excluding carboxylic acids is 6. The SMILES string of the molecule is CC(=O)N1CC[C@H]2CC[C@@H](C(=O)N[C@@H](CCC(N)=O)COc3cccc(CCCCCc4ccc5c(c4)n(C)c(=O)n5C4CCC(=O)NC4=O)c3Cl)N2C(=O)[C@@H](N)C1.Cl. The summed E-state index contributed by atoms with van der Waals surface area (Å²) >= 11 is 6.82. The molecule has 16 nitrogen and oxygen atoms in total. The number of benzene rings is 2. The quantitative estimate of drug-likeness (QED) is 0.130. The van der Waals surface area contributed by atoms with Crippen molar-refractivity contribution in [2.45, 2.75) is 114 Å². The molecular formula is C41H54Cl2N8O8. The molecule has 4 heterocycles. The maximum atomic E-state index is 13.7. The van der Waals surface area contributed by atoms with E-state index in [4.69, 9.17) is 27.8 Å². The van der Waals surface area contributed by atoms with Crippen LogP contribution in [0.4, 0.5) is 0 Å². The number of hydrogen-bond donors (Lipinski definition) is 4. The van der Waals surface area contributed by atoms with Crippen molar-refractivity contribution >= 4 is 70.5 Å². The Morgan fingerprint density at radius 1 is 1.00 bits per heavy atom. The molecule has 0 aliphatic carbocycles. The molecule has 0 spiro atoms. The van der Waals surface area contributed by atoms with Crippen molar-refractivity contribution in [3.8, 4) is 5.75 Å². The van der Waals surface area contributed by atoms with Crippen LogP contribution in [0.2, 0.25) is 5.02 Å². The second kappa shape index (κ2) is 19.9. The number of ether oxygens (including phenoxy) is 1. The van der Waals surface area contributed by atoms with E-state index in [0.717, 1.165) is 42.3 Å². The molecule has 0 saturated carbocycles.